The van der Waals surface area contributed by atoms with E-state index in [1.807, 2.05) is 30.3 Å². The summed E-state index contributed by atoms with van der Waals surface area (Å²) in [7, 11) is 0. The number of aliphatic hydroxyl groups is 1. The Kier molecular flexibility index (Phi) is 6.55. The number of azide groups is 1. The normalized spacial score (nSPS) is 30.6. The van der Waals surface area contributed by atoms with Gasteiger partial charge in [0.25, 0.3) is 5.82 Å². The molecule has 2 saturated heterocycles. The summed E-state index contributed by atoms with van der Waals surface area (Å²) in [5.41, 5.74) is 9.09. The molecule has 154 valence electrons. The molecule has 3 heterocycles. The van der Waals surface area contributed by atoms with Gasteiger partial charge in [-0.1, -0.05) is 42.0 Å². The molecule has 0 bridgehead atoms. The number of thioether (sulfide) groups is 1. The first-order valence-electron chi connectivity index (χ1n) is 9.00. The van der Waals surface area contributed by atoms with Gasteiger partial charge in [0.2, 0.25) is 0 Å². The fraction of sp³-hybridized carbons (Fsp3) is 0.368. The van der Waals surface area contributed by atoms with E-state index in [2.05, 4.69) is 35.8 Å². The zero-order valence-corrected chi connectivity index (χ0v) is 17.8. The molecule has 2 fully saturated rings. The van der Waals surface area contributed by atoms with Crippen LogP contribution in [0.25, 0.3) is 15.3 Å². The molecule has 1 N–H and O–H groups in total. The van der Waals surface area contributed by atoms with Gasteiger partial charge in [-0.3, -0.25) is 0 Å². The number of ether oxygens (including phenoxy) is 3. The van der Waals surface area contributed by atoms with Crippen molar-refractivity contribution in [1.82, 2.24) is 4.98 Å². The number of nitrogens with zero attached hydrogens (tertiary/aromatic N) is 5. The lowest BCUT2D eigenvalue weighted by Gasteiger charge is -2.46. The van der Waals surface area contributed by atoms with Crippen LogP contribution >= 0.6 is 27.7 Å². The minimum atomic E-state index is -1.15. The molecule has 2 aliphatic rings. The van der Waals surface area contributed by atoms with Gasteiger partial charge in [-0.15, -0.1) is 16.7 Å². The van der Waals surface area contributed by atoms with Gasteiger partial charge < -0.3 is 24.2 Å². The lowest BCUT2D eigenvalue weighted by Crippen LogP contribution is -2.60. The fourth-order valence-corrected chi connectivity index (χ4v) is 4.99. The molecule has 4 rings (SSSR count). The van der Waals surface area contributed by atoms with Gasteiger partial charge in [0.1, 0.15) is 29.9 Å². The number of aromatic nitrogens is 1. The summed E-state index contributed by atoms with van der Waals surface area (Å²) in [5.74, 6) is 0.196. The molecule has 9 nitrogen and oxygen atoms in total. The molecule has 0 spiro atoms. The summed E-state index contributed by atoms with van der Waals surface area (Å²) < 4.78 is 18.6. The van der Waals surface area contributed by atoms with Crippen molar-refractivity contribution in [2.45, 2.75) is 41.0 Å². The third-order valence-electron chi connectivity index (χ3n) is 4.74. The Labute approximate surface area is 184 Å². The Balaban J connectivity index is 1.57. The molecule has 3 unspecified atom stereocenters. The first kappa shape index (κ1) is 21.1. The molecule has 2 aromatic rings. The van der Waals surface area contributed by atoms with Crippen LogP contribution in [0.3, 0.4) is 0 Å². The molecular formula is C19H16BrN5O4S. The Hall–Kier alpha value is -2.16. The monoisotopic (exact) mass is 489 g/mol. The number of halogens is 1. The fourth-order valence-electron chi connectivity index (χ4n) is 3.36. The second-order valence-electron chi connectivity index (χ2n) is 6.61. The maximum Gasteiger partial charge on any atom is 0.283 e. The molecular weight excluding hydrogens is 474 g/mol. The Morgan fingerprint density at radius 1 is 1.30 bits per heavy atom. The molecule has 0 aliphatic carbocycles. The van der Waals surface area contributed by atoms with Gasteiger partial charge >= 0.3 is 0 Å². The predicted molar refractivity (Wildman–Crippen MR) is 112 cm³/mol. The second kappa shape index (κ2) is 9.32. The van der Waals surface area contributed by atoms with Crippen molar-refractivity contribution in [2.75, 3.05) is 6.61 Å². The molecule has 1 aromatic carbocycles. The van der Waals surface area contributed by atoms with E-state index < -0.39 is 36.1 Å². The zero-order chi connectivity index (χ0) is 21.1. The number of pyridine rings is 1. The smallest absolute Gasteiger partial charge is 0.283 e. The second-order valence-corrected chi connectivity index (χ2v) is 8.67. The SMILES string of the molecule is [C-]#[N+]c1ncc(Br)cc1S[C@H]1OC2COC(c3ccccc3)O[C@@H]2[C@H](N=[N+]=[N-])C1O. The number of benzene rings is 1. The molecule has 1 aromatic heterocycles. The van der Waals surface area contributed by atoms with Crippen molar-refractivity contribution in [1.29, 1.82) is 0 Å². The minimum absolute atomic E-state index is 0.196. The van der Waals surface area contributed by atoms with Crippen molar-refractivity contribution >= 4 is 33.5 Å². The third-order valence-corrected chi connectivity index (χ3v) is 6.35. The Bertz CT molecular complexity index is 1000. The summed E-state index contributed by atoms with van der Waals surface area (Å²) in [5, 5.41) is 14.7. The van der Waals surface area contributed by atoms with Crippen LogP contribution in [-0.2, 0) is 14.2 Å². The van der Waals surface area contributed by atoms with Gasteiger partial charge in [-0.05, 0) is 27.5 Å². The average molecular weight is 490 g/mol. The molecule has 11 heteroatoms. The van der Waals surface area contributed by atoms with Gasteiger partial charge in [-0.25, -0.2) is 0 Å². The van der Waals surface area contributed by atoms with Crippen LogP contribution in [0.15, 0.2) is 57.1 Å². The van der Waals surface area contributed by atoms with Crippen LogP contribution in [-0.4, -0.2) is 46.5 Å². The molecule has 0 radical (unpaired) electrons. The van der Waals surface area contributed by atoms with Crippen LogP contribution < -0.4 is 0 Å². The summed E-state index contributed by atoms with van der Waals surface area (Å²) in [6.07, 6.45) is -1.49. The summed E-state index contributed by atoms with van der Waals surface area (Å²) in [6, 6.07) is 10.2. The number of aliphatic hydroxyl groups excluding tert-OH is 1. The number of fused-ring (bicyclic) bond motifs is 1. The van der Waals surface area contributed by atoms with Crippen molar-refractivity contribution < 1.29 is 19.3 Å². The van der Waals surface area contributed by atoms with Crippen molar-refractivity contribution in [3.05, 3.63) is 74.5 Å². The predicted octanol–water partition coefficient (Wildman–Crippen LogP) is 4.37. The van der Waals surface area contributed by atoms with E-state index in [0.717, 1.165) is 17.3 Å². The highest BCUT2D eigenvalue weighted by molar-refractivity contribution is 9.10. The highest BCUT2D eigenvalue weighted by atomic mass is 79.9. The summed E-state index contributed by atoms with van der Waals surface area (Å²) >= 11 is 4.49. The molecule has 2 aliphatic heterocycles. The van der Waals surface area contributed by atoms with Gasteiger partial charge in [-0.2, -0.15) is 0 Å². The van der Waals surface area contributed by atoms with Gasteiger partial charge in [0.15, 0.2) is 6.29 Å². The van der Waals surface area contributed by atoms with E-state index in [4.69, 9.17) is 26.3 Å². The standard InChI is InChI=1S/C19H16BrN5O4S/c1-22-17-13(7-11(20)8-23-17)30-19-15(26)14(24-25-21)16-12(28-19)9-27-18(29-16)10-5-3-2-4-6-10/h2-8,12,14-16,18-19,26H,9H2/t12?,14-,15?,16+,18?,19-/m1/s1. The van der Waals surface area contributed by atoms with E-state index in [0.29, 0.717) is 9.37 Å². The van der Waals surface area contributed by atoms with Crippen LogP contribution in [0, 0.1) is 6.57 Å². The zero-order valence-electron chi connectivity index (χ0n) is 15.4. The van der Waals surface area contributed by atoms with Crippen molar-refractivity contribution in [2.24, 2.45) is 5.11 Å². The minimum Gasteiger partial charge on any atom is -0.389 e. The van der Waals surface area contributed by atoms with Gasteiger partial charge in [0.05, 0.1) is 17.1 Å². The van der Waals surface area contributed by atoms with Crippen molar-refractivity contribution in [3.8, 4) is 0 Å². The summed E-state index contributed by atoms with van der Waals surface area (Å²) in [6.45, 7) is 7.51. The number of hydrogen-bond donors (Lipinski definition) is 1. The van der Waals surface area contributed by atoms with E-state index in [9.17, 15) is 5.11 Å². The third kappa shape index (κ3) is 4.31. The topological polar surface area (TPSA) is 114 Å². The number of hydrogen-bond acceptors (Lipinski definition) is 7. The molecule has 0 saturated carbocycles. The molecule has 6 atom stereocenters. The van der Waals surface area contributed by atoms with E-state index >= 15 is 0 Å². The van der Waals surface area contributed by atoms with Crippen LogP contribution in [0.4, 0.5) is 5.82 Å². The Morgan fingerprint density at radius 2 is 2.10 bits per heavy atom. The lowest BCUT2D eigenvalue weighted by atomic mass is 9.97. The maximum absolute atomic E-state index is 10.9. The van der Waals surface area contributed by atoms with Crippen LogP contribution in [0.1, 0.15) is 11.9 Å². The first-order chi connectivity index (χ1) is 14.6. The number of rotatable bonds is 4. The lowest BCUT2D eigenvalue weighted by molar-refractivity contribution is -0.297. The van der Waals surface area contributed by atoms with E-state index in [1.54, 1.807) is 6.07 Å². The largest absolute Gasteiger partial charge is 0.389 e. The average Bonchev–Trinajstić information content (AvgIpc) is 2.77. The van der Waals surface area contributed by atoms with Gasteiger partial charge in [0, 0.05) is 15.4 Å². The van der Waals surface area contributed by atoms with E-state index in [1.165, 1.54) is 6.20 Å². The maximum atomic E-state index is 10.9. The summed E-state index contributed by atoms with van der Waals surface area (Å²) in [4.78, 5) is 10.9. The molecule has 30 heavy (non-hydrogen) atoms. The highest BCUT2D eigenvalue weighted by Gasteiger charge is 2.49. The van der Waals surface area contributed by atoms with Crippen LogP contribution in [0.2, 0.25) is 0 Å². The molecule has 0 amide bonds. The quantitative estimate of drug-likeness (QED) is 0.295. The van der Waals surface area contributed by atoms with E-state index in [-0.39, 0.29) is 12.4 Å². The Morgan fingerprint density at radius 3 is 2.83 bits per heavy atom. The van der Waals surface area contributed by atoms with Crippen molar-refractivity contribution in [3.63, 3.8) is 0 Å². The first-order valence-corrected chi connectivity index (χ1v) is 10.7. The highest BCUT2D eigenvalue weighted by Crippen LogP contribution is 2.42. The van der Waals surface area contributed by atoms with Crippen LogP contribution in [0.5, 0.6) is 0 Å².